The number of benzene rings is 1. The van der Waals surface area contributed by atoms with E-state index in [9.17, 15) is 0 Å². The van der Waals surface area contributed by atoms with Crippen LogP contribution in [-0.4, -0.2) is 24.3 Å². The van der Waals surface area contributed by atoms with E-state index in [-0.39, 0.29) is 0 Å². The fourth-order valence-corrected chi connectivity index (χ4v) is 2.09. The van der Waals surface area contributed by atoms with Crippen molar-refractivity contribution in [3.8, 4) is 17.2 Å². The predicted molar refractivity (Wildman–Crippen MR) is 74.4 cm³/mol. The SMILES string of the molecule is Cn1nc(-c2cnccn2)n(-c2ccccc2)c1=S. The van der Waals surface area contributed by atoms with Gasteiger partial charge in [0.1, 0.15) is 5.69 Å². The summed E-state index contributed by atoms with van der Waals surface area (Å²) in [6.07, 6.45) is 4.95. The third-order valence-corrected chi connectivity index (χ3v) is 3.18. The third kappa shape index (κ3) is 2.06. The molecular weight excluding hydrogens is 258 g/mol. The molecule has 0 fully saturated rings. The van der Waals surface area contributed by atoms with E-state index in [0.29, 0.717) is 16.3 Å². The van der Waals surface area contributed by atoms with Crippen LogP contribution in [0.15, 0.2) is 48.9 Å². The van der Waals surface area contributed by atoms with E-state index in [4.69, 9.17) is 12.2 Å². The lowest BCUT2D eigenvalue weighted by atomic mass is 10.3. The average molecular weight is 269 g/mol. The predicted octanol–water partition coefficient (Wildman–Crippen LogP) is 2.40. The van der Waals surface area contributed by atoms with Crippen LogP contribution < -0.4 is 0 Å². The minimum absolute atomic E-state index is 0.617. The minimum atomic E-state index is 0.617. The maximum Gasteiger partial charge on any atom is 0.202 e. The Labute approximate surface area is 115 Å². The van der Waals surface area contributed by atoms with Crippen LogP contribution in [0.5, 0.6) is 0 Å². The van der Waals surface area contributed by atoms with Crippen LogP contribution in [0.4, 0.5) is 0 Å². The van der Waals surface area contributed by atoms with Crippen molar-refractivity contribution in [1.29, 1.82) is 0 Å². The van der Waals surface area contributed by atoms with Gasteiger partial charge in [-0.15, -0.1) is 5.10 Å². The summed E-state index contributed by atoms with van der Waals surface area (Å²) in [5.74, 6) is 0.687. The highest BCUT2D eigenvalue weighted by Gasteiger charge is 2.13. The molecule has 1 aromatic carbocycles. The normalized spacial score (nSPS) is 10.6. The lowest BCUT2D eigenvalue weighted by Gasteiger charge is -2.05. The Bertz CT molecular complexity index is 746. The Morgan fingerprint density at radius 1 is 1.11 bits per heavy atom. The van der Waals surface area contributed by atoms with E-state index in [1.165, 1.54) is 0 Å². The van der Waals surface area contributed by atoms with Gasteiger partial charge in [0.2, 0.25) is 4.77 Å². The highest BCUT2D eigenvalue weighted by molar-refractivity contribution is 7.71. The molecule has 0 bridgehead atoms. The molecular formula is C13H11N5S. The Balaban J connectivity index is 2.28. The van der Waals surface area contributed by atoms with Crippen molar-refractivity contribution in [1.82, 2.24) is 24.3 Å². The van der Waals surface area contributed by atoms with Crippen molar-refractivity contribution in [2.75, 3.05) is 0 Å². The first-order chi connectivity index (χ1) is 9.27. The Morgan fingerprint density at radius 2 is 1.89 bits per heavy atom. The molecule has 0 N–H and O–H groups in total. The van der Waals surface area contributed by atoms with Gasteiger partial charge in [0.25, 0.3) is 0 Å². The highest BCUT2D eigenvalue weighted by Crippen LogP contribution is 2.19. The molecule has 6 heteroatoms. The van der Waals surface area contributed by atoms with E-state index in [1.54, 1.807) is 23.3 Å². The first kappa shape index (κ1) is 11.7. The van der Waals surface area contributed by atoms with Gasteiger partial charge in [0.05, 0.1) is 11.9 Å². The number of hydrogen-bond acceptors (Lipinski definition) is 4. The number of para-hydroxylation sites is 1. The van der Waals surface area contributed by atoms with Gasteiger partial charge in [-0.05, 0) is 24.4 Å². The molecule has 3 aromatic rings. The second-order valence-electron chi connectivity index (χ2n) is 3.99. The Hall–Kier alpha value is -2.34. The van der Waals surface area contributed by atoms with Gasteiger partial charge in [0, 0.05) is 19.4 Å². The standard InChI is InChI=1S/C13H11N5S/c1-17-13(19)18(10-5-3-2-4-6-10)12(16-17)11-9-14-7-8-15-11/h2-9H,1H3. The van der Waals surface area contributed by atoms with Crippen LogP contribution in [0.3, 0.4) is 0 Å². The van der Waals surface area contributed by atoms with Gasteiger partial charge in [-0.1, -0.05) is 18.2 Å². The van der Waals surface area contributed by atoms with Crippen molar-refractivity contribution in [3.05, 3.63) is 53.7 Å². The number of nitrogens with zero attached hydrogens (tertiary/aromatic N) is 5. The molecule has 19 heavy (non-hydrogen) atoms. The van der Waals surface area contributed by atoms with Gasteiger partial charge in [-0.2, -0.15) is 0 Å². The van der Waals surface area contributed by atoms with Crippen LogP contribution in [0.2, 0.25) is 0 Å². The summed E-state index contributed by atoms with van der Waals surface area (Å²) < 4.78 is 4.16. The number of aromatic nitrogens is 5. The summed E-state index contributed by atoms with van der Waals surface area (Å²) in [6.45, 7) is 0. The van der Waals surface area contributed by atoms with E-state index in [2.05, 4.69) is 15.1 Å². The first-order valence-corrected chi connectivity index (χ1v) is 6.16. The summed E-state index contributed by atoms with van der Waals surface area (Å²) in [7, 11) is 1.82. The van der Waals surface area contributed by atoms with Crippen molar-refractivity contribution in [2.45, 2.75) is 0 Å². The fraction of sp³-hybridized carbons (Fsp3) is 0.0769. The van der Waals surface area contributed by atoms with Crippen LogP contribution >= 0.6 is 12.2 Å². The summed E-state index contributed by atoms with van der Waals surface area (Å²) in [5, 5.41) is 4.43. The summed E-state index contributed by atoms with van der Waals surface area (Å²) in [5.41, 5.74) is 1.65. The molecule has 0 aliphatic carbocycles. The smallest absolute Gasteiger partial charge is 0.202 e. The molecule has 2 heterocycles. The Morgan fingerprint density at radius 3 is 2.58 bits per heavy atom. The van der Waals surface area contributed by atoms with E-state index >= 15 is 0 Å². The lowest BCUT2D eigenvalue weighted by molar-refractivity contribution is 0.750. The quantitative estimate of drug-likeness (QED) is 0.670. The molecule has 5 nitrogen and oxygen atoms in total. The number of hydrogen-bond donors (Lipinski definition) is 0. The fourth-order valence-electron chi connectivity index (χ4n) is 1.86. The average Bonchev–Trinajstić information content (AvgIpc) is 2.77. The first-order valence-electron chi connectivity index (χ1n) is 5.75. The van der Waals surface area contributed by atoms with Gasteiger partial charge in [-0.3, -0.25) is 9.55 Å². The highest BCUT2D eigenvalue weighted by atomic mass is 32.1. The van der Waals surface area contributed by atoms with E-state index < -0.39 is 0 Å². The lowest BCUT2D eigenvalue weighted by Crippen LogP contribution is -1.99. The molecule has 0 atom stereocenters. The molecule has 0 saturated heterocycles. The maximum atomic E-state index is 5.41. The number of aryl methyl sites for hydroxylation is 1. The Kier molecular flexibility index (Phi) is 2.92. The zero-order valence-corrected chi connectivity index (χ0v) is 11.1. The molecule has 0 spiro atoms. The molecule has 94 valence electrons. The van der Waals surface area contributed by atoms with Crippen LogP contribution in [0.25, 0.3) is 17.2 Å². The zero-order chi connectivity index (χ0) is 13.2. The van der Waals surface area contributed by atoms with Crippen molar-refractivity contribution in [2.24, 2.45) is 7.05 Å². The molecule has 0 saturated carbocycles. The summed E-state index contributed by atoms with van der Waals surface area (Å²) >= 11 is 5.41. The maximum absolute atomic E-state index is 5.41. The molecule has 0 aliphatic heterocycles. The van der Waals surface area contributed by atoms with Crippen molar-refractivity contribution >= 4 is 12.2 Å². The zero-order valence-electron chi connectivity index (χ0n) is 10.3. The summed E-state index contributed by atoms with van der Waals surface area (Å²) in [4.78, 5) is 8.36. The molecule has 0 unspecified atom stereocenters. The molecule has 0 amide bonds. The second-order valence-corrected chi connectivity index (χ2v) is 4.36. The van der Waals surface area contributed by atoms with E-state index in [1.807, 2.05) is 41.9 Å². The summed E-state index contributed by atoms with van der Waals surface area (Å²) in [6, 6.07) is 9.86. The minimum Gasteiger partial charge on any atom is -0.267 e. The monoisotopic (exact) mass is 269 g/mol. The topological polar surface area (TPSA) is 48.5 Å². The van der Waals surface area contributed by atoms with Gasteiger partial charge < -0.3 is 0 Å². The molecule has 0 radical (unpaired) electrons. The largest absolute Gasteiger partial charge is 0.267 e. The second kappa shape index (κ2) is 4.74. The van der Waals surface area contributed by atoms with Crippen LogP contribution in [0.1, 0.15) is 0 Å². The molecule has 2 aromatic heterocycles. The van der Waals surface area contributed by atoms with Crippen molar-refractivity contribution in [3.63, 3.8) is 0 Å². The molecule has 0 aliphatic rings. The van der Waals surface area contributed by atoms with Gasteiger partial charge >= 0.3 is 0 Å². The van der Waals surface area contributed by atoms with Crippen LogP contribution in [-0.2, 0) is 7.05 Å². The van der Waals surface area contributed by atoms with E-state index in [0.717, 1.165) is 5.69 Å². The van der Waals surface area contributed by atoms with Gasteiger partial charge in [0.15, 0.2) is 5.82 Å². The number of rotatable bonds is 2. The third-order valence-electron chi connectivity index (χ3n) is 2.73. The molecule has 3 rings (SSSR count). The van der Waals surface area contributed by atoms with Crippen LogP contribution in [0, 0.1) is 4.77 Å². The van der Waals surface area contributed by atoms with Gasteiger partial charge in [-0.25, -0.2) is 9.67 Å². The van der Waals surface area contributed by atoms with Crippen molar-refractivity contribution < 1.29 is 0 Å².